The molecule has 0 atom stereocenters. The molecule has 0 amide bonds. The van der Waals surface area contributed by atoms with E-state index in [9.17, 15) is 0 Å². The number of fused-ring (bicyclic) bond motifs is 1. The normalized spacial score (nSPS) is 11.9. The highest BCUT2D eigenvalue weighted by Crippen LogP contribution is 2.19. The Kier molecular flexibility index (Phi) is 8.83. The van der Waals surface area contributed by atoms with E-state index in [0.717, 1.165) is 24.7 Å². The number of aliphatic imine (C=N–C) groups is 1. The highest BCUT2D eigenvalue weighted by atomic mass is 127. The van der Waals surface area contributed by atoms with Gasteiger partial charge in [-0.05, 0) is 38.5 Å². The first-order valence-electron chi connectivity index (χ1n) is 7.95. The number of hydrogen-bond donors (Lipinski definition) is 2. The second kappa shape index (κ2) is 10.1. The summed E-state index contributed by atoms with van der Waals surface area (Å²) in [5.41, 5.74) is 1.00. The first-order valence-corrected chi connectivity index (χ1v) is 9.18. The Morgan fingerprint density at radius 2 is 1.96 bits per heavy atom. The molecule has 1 heterocycles. The molecule has 132 valence electrons. The summed E-state index contributed by atoms with van der Waals surface area (Å²) >= 11 is 1.85. The van der Waals surface area contributed by atoms with Crippen LogP contribution < -0.4 is 10.6 Å². The van der Waals surface area contributed by atoms with Crippen LogP contribution in [0, 0.1) is 0 Å². The van der Waals surface area contributed by atoms with Crippen molar-refractivity contribution >= 4 is 52.5 Å². The molecule has 1 aromatic heterocycles. The van der Waals surface area contributed by atoms with Crippen LogP contribution in [0.3, 0.4) is 0 Å². The van der Waals surface area contributed by atoms with Gasteiger partial charge in [0.05, 0.1) is 12.2 Å². The molecule has 24 heavy (non-hydrogen) atoms. The molecular formula is C18H27IN4S. The molecule has 1 aromatic carbocycles. The average molecular weight is 458 g/mol. The van der Waals surface area contributed by atoms with Crippen molar-refractivity contribution in [3.05, 3.63) is 42.2 Å². The number of pyridine rings is 1. The minimum atomic E-state index is 0. The van der Waals surface area contributed by atoms with E-state index in [-0.39, 0.29) is 28.7 Å². The summed E-state index contributed by atoms with van der Waals surface area (Å²) in [5, 5.41) is 9.09. The first kappa shape index (κ1) is 21.0. The Balaban J connectivity index is 0.00000288. The molecule has 0 spiro atoms. The molecule has 2 N–H and O–H groups in total. The zero-order valence-corrected chi connectivity index (χ0v) is 17.9. The lowest BCUT2D eigenvalue weighted by atomic mass is 10.1. The van der Waals surface area contributed by atoms with Gasteiger partial charge in [0, 0.05) is 29.4 Å². The molecular weight excluding hydrogens is 431 g/mol. The van der Waals surface area contributed by atoms with Crippen LogP contribution in [0.25, 0.3) is 10.8 Å². The topological polar surface area (TPSA) is 49.3 Å². The molecule has 4 nitrogen and oxygen atoms in total. The van der Waals surface area contributed by atoms with Gasteiger partial charge in [-0.2, -0.15) is 11.8 Å². The zero-order chi connectivity index (χ0) is 16.7. The molecule has 0 aliphatic carbocycles. The molecule has 2 rings (SSSR count). The van der Waals surface area contributed by atoms with Gasteiger partial charge in [0.15, 0.2) is 5.96 Å². The summed E-state index contributed by atoms with van der Waals surface area (Å²) in [5.74, 6) is 0.837. The van der Waals surface area contributed by atoms with Gasteiger partial charge in [0.1, 0.15) is 0 Å². The average Bonchev–Trinajstić information content (AvgIpc) is 2.57. The van der Waals surface area contributed by atoms with Gasteiger partial charge >= 0.3 is 0 Å². The van der Waals surface area contributed by atoms with Crippen molar-refractivity contribution in [2.24, 2.45) is 4.99 Å². The van der Waals surface area contributed by atoms with E-state index in [1.807, 2.05) is 36.2 Å². The lowest BCUT2D eigenvalue weighted by molar-refractivity contribution is 0.664. The lowest BCUT2D eigenvalue weighted by Crippen LogP contribution is -2.43. The van der Waals surface area contributed by atoms with Crippen LogP contribution >= 0.6 is 35.7 Å². The fourth-order valence-electron chi connectivity index (χ4n) is 2.17. The van der Waals surface area contributed by atoms with E-state index in [1.54, 1.807) is 0 Å². The number of aromatic nitrogens is 1. The van der Waals surface area contributed by atoms with Gasteiger partial charge in [0.2, 0.25) is 0 Å². The number of guanidine groups is 1. The van der Waals surface area contributed by atoms with Crippen molar-refractivity contribution in [3.8, 4) is 0 Å². The second-order valence-electron chi connectivity index (χ2n) is 5.99. The summed E-state index contributed by atoms with van der Waals surface area (Å²) in [4.78, 5) is 9.19. The summed E-state index contributed by atoms with van der Waals surface area (Å²) in [7, 11) is 0. The van der Waals surface area contributed by atoms with E-state index in [0.29, 0.717) is 6.54 Å². The van der Waals surface area contributed by atoms with Crippen LogP contribution in [0.2, 0.25) is 0 Å². The maximum Gasteiger partial charge on any atom is 0.191 e. The van der Waals surface area contributed by atoms with E-state index in [2.05, 4.69) is 54.8 Å². The standard InChI is InChI=1S/C18H26N4S.HI/c1-5-19-17(22-13-18(2,3)23-4)21-12-16-15-9-7-6-8-14(15)10-11-20-16;/h6-11H,5,12-13H2,1-4H3,(H2,19,21,22);1H. The Hall–Kier alpha value is -1.02. The predicted octanol–water partition coefficient (Wildman–Crippen LogP) is 4.05. The van der Waals surface area contributed by atoms with Crippen LogP contribution in [0.15, 0.2) is 41.5 Å². The van der Waals surface area contributed by atoms with Gasteiger partial charge < -0.3 is 10.6 Å². The fraction of sp³-hybridized carbons (Fsp3) is 0.444. The van der Waals surface area contributed by atoms with Crippen LogP contribution in [0.4, 0.5) is 0 Å². The SMILES string of the molecule is CCNC(=NCc1nccc2ccccc12)NCC(C)(C)SC.I. The monoisotopic (exact) mass is 458 g/mol. The molecule has 0 aliphatic heterocycles. The fourth-order valence-corrected chi connectivity index (χ4v) is 2.39. The summed E-state index contributed by atoms with van der Waals surface area (Å²) < 4.78 is 0.174. The van der Waals surface area contributed by atoms with Crippen molar-refractivity contribution in [1.29, 1.82) is 0 Å². The second-order valence-corrected chi connectivity index (χ2v) is 7.50. The number of halogens is 1. The minimum absolute atomic E-state index is 0. The van der Waals surface area contributed by atoms with Crippen molar-refractivity contribution in [2.75, 3.05) is 19.3 Å². The van der Waals surface area contributed by atoms with Gasteiger partial charge in [-0.25, -0.2) is 4.99 Å². The maximum atomic E-state index is 4.69. The molecule has 0 saturated heterocycles. The lowest BCUT2D eigenvalue weighted by Gasteiger charge is -2.23. The molecule has 0 radical (unpaired) electrons. The number of thioether (sulfide) groups is 1. The van der Waals surface area contributed by atoms with Gasteiger partial charge in [-0.1, -0.05) is 24.3 Å². The van der Waals surface area contributed by atoms with Crippen LogP contribution in [0.1, 0.15) is 26.5 Å². The Morgan fingerprint density at radius 3 is 2.67 bits per heavy atom. The molecule has 0 bridgehead atoms. The maximum absolute atomic E-state index is 4.69. The van der Waals surface area contributed by atoms with Crippen molar-refractivity contribution in [1.82, 2.24) is 15.6 Å². The van der Waals surface area contributed by atoms with Crippen LogP contribution in [-0.2, 0) is 6.54 Å². The molecule has 2 aromatic rings. The Bertz CT molecular complexity index is 668. The molecule has 0 unspecified atom stereocenters. The van der Waals surface area contributed by atoms with Crippen LogP contribution in [-0.4, -0.2) is 35.0 Å². The van der Waals surface area contributed by atoms with Crippen LogP contribution in [0.5, 0.6) is 0 Å². The molecule has 0 saturated carbocycles. The van der Waals surface area contributed by atoms with E-state index >= 15 is 0 Å². The minimum Gasteiger partial charge on any atom is -0.357 e. The summed E-state index contributed by atoms with van der Waals surface area (Å²) in [6.45, 7) is 8.79. The third-order valence-electron chi connectivity index (χ3n) is 3.72. The van der Waals surface area contributed by atoms with E-state index in [4.69, 9.17) is 4.99 Å². The third-order valence-corrected chi connectivity index (χ3v) is 4.97. The third kappa shape index (κ3) is 6.12. The van der Waals surface area contributed by atoms with Gasteiger partial charge in [-0.3, -0.25) is 4.98 Å². The highest BCUT2D eigenvalue weighted by Gasteiger charge is 2.16. The molecule has 6 heteroatoms. The zero-order valence-electron chi connectivity index (χ0n) is 14.8. The highest BCUT2D eigenvalue weighted by molar-refractivity contribution is 14.0. The number of benzene rings is 1. The Labute approximate surface area is 166 Å². The number of hydrogen-bond acceptors (Lipinski definition) is 3. The summed E-state index contributed by atoms with van der Waals surface area (Å²) in [6, 6.07) is 10.3. The molecule has 0 fully saturated rings. The largest absolute Gasteiger partial charge is 0.357 e. The quantitative estimate of drug-likeness (QED) is 0.390. The predicted molar refractivity (Wildman–Crippen MR) is 118 cm³/mol. The smallest absolute Gasteiger partial charge is 0.191 e. The number of nitrogens with one attached hydrogen (secondary N) is 2. The first-order chi connectivity index (χ1) is 11.1. The van der Waals surface area contributed by atoms with E-state index < -0.39 is 0 Å². The van der Waals surface area contributed by atoms with E-state index in [1.165, 1.54) is 10.8 Å². The Morgan fingerprint density at radius 1 is 1.21 bits per heavy atom. The number of rotatable bonds is 6. The van der Waals surface area contributed by atoms with Crippen molar-refractivity contribution in [3.63, 3.8) is 0 Å². The van der Waals surface area contributed by atoms with Gasteiger partial charge in [0.25, 0.3) is 0 Å². The van der Waals surface area contributed by atoms with Crippen molar-refractivity contribution in [2.45, 2.75) is 32.1 Å². The van der Waals surface area contributed by atoms with Gasteiger partial charge in [-0.15, -0.1) is 24.0 Å². The number of nitrogens with zero attached hydrogens (tertiary/aromatic N) is 2. The molecule has 0 aliphatic rings. The summed E-state index contributed by atoms with van der Waals surface area (Å²) in [6.07, 6.45) is 3.98. The van der Waals surface area contributed by atoms with Crippen molar-refractivity contribution < 1.29 is 0 Å².